The maximum atomic E-state index is 12.7. The molecule has 1 fully saturated rings. The number of amides is 1. The normalized spacial score (nSPS) is 16.2. The van der Waals surface area contributed by atoms with Crippen molar-refractivity contribution >= 4 is 28.6 Å². The van der Waals surface area contributed by atoms with Crippen LogP contribution in [0, 0.1) is 0 Å². The van der Waals surface area contributed by atoms with Gasteiger partial charge in [0.15, 0.2) is 0 Å². The zero-order chi connectivity index (χ0) is 23.8. The van der Waals surface area contributed by atoms with Crippen molar-refractivity contribution in [2.75, 3.05) is 13.2 Å². The number of para-hydroxylation sites is 1. The van der Waals surface area contributed by atoms with Crippen LogP contribution < -0.4 is 16.0 Å². The van der Waals surface area contributed by atoms with E-state index in [9.17, 15) is 14.4 Å². The molecule has 174 valence electrons. The Kier molecular flexibility index (Phi) is 6.16. The molecule has 0 bridgehead atoms. The van der Waals surface area contributed by atoms with Crippen molar-refractivity contribution in [3.05, 3.63) is 62.4 Å². The summed E-state index contributed by atoms with van der Waals surface area (Å²) in [6.07, 6.45) is 1.13. The van der Waals surface area contributed by atoms with E-state index in [1.165, 1.54) is 10.6 Å². The fourth-order valence-corrected chi connectivity index (χ4v) is 4.06. The number of rotatable bonds is 4. The van der Waals surface area contributed by atoms with Crippen molar-refractivity contribution in [1.82, 2.24) is 19.4 Å². The van der Waals surface area contributed by atoms with E-state index >= 15 is 0 Å². The number of carbonyl (C=O) groups is 1. The van der Waals surface area contributed by atoms with Gasteiger partial charge < -0.3 is 14.4 Å². The van der Waals surface area contributed by atoms with Crippen LogP contribution in [-0.4, -0.2) is 50.3 Å². The van der Waals surface area contributed by atoms with Gasteiger partial charge in [-0.05, 0) is 45.7 Å². The molecule has 4 rings (SSSR count). The highest BCUT2D eigenvalue weighted by atomic mass is 35.5. The van der Waals surface area contributed by atoms with E-state index < -0.39 is 22.9 Å². The van der Waals surface area contributed by atoms with Crippen LogP contribution in [0.1, 0.15) is 33.6 Å². The summed E-state index contributed by atoms with van der Waals surface area (Å²) < 4.78 is 12.8. The first-order valence-corrected chi connectivity index (χ1v) is 11.1. The summed E-state index contributed by atoms with van der Waals surface area (Å²) in [5.74, 6) is -0.000491. The molecule has 3 heterocycles. The van der Waals surface area contributed by atoms with Gasteiger partial charge in [-0.2, -0.15) is 0 Å². The van der Waals surface area contributed by atoms with Crippen molar-refractivity contribution in [2.24, 2.45) is 0 Å². The molecule has 0 radical (unpaired) electrons. The Balaban J connectivity index is 1.69. The summed E-state index contributed by atoms with van der Waals surface area (Å²) in [5, 5.41) is 0.173. The minimum absolute atomic E-state index is 0.000491. The molecular weight excluding hydrogens is 448 g/mol. The fourth-order valence-electron chi connectivity index (χ4n) is 3.88. The summed E-state index contributed by atoms with van der Waals surface area (Å²) in [4.78, 5) is 46.0. The predicted octanol–water partition coefficient (Wildman–Crippen LogP) is 3.51. The maximum Gasteiger partial charge on any atom is 0.410 e. The third-order valence-electron chi connectivity index (χ3n) is 5.26. The van der Waals surface area contributed by atoms with Crippen LogP contribution in [0.4, 0.5) is 4.79 Å². The van der Waals surface area contributed by atoms with E-state index in [2.05, 4.69) is 9.97 Å². The molecule has 1 N–H and O–H groups in total. The van der Waals surface area contributed by atoms with E-state index in [-0.39, 0.29) is 34.6 Å². The van der Waals surface area contributed by atoms with Crippen molar-refractivity contribution in [2.45, 2.75) is 45.3 Å². The van der Waals surface area contributed by atoms with Crippen molar-refractivity contribution < 1.29 is 14.3 Å². The number of carbonyl (C=O) groups excluding carboxylic acids is 1. The SMILES string of the molecule is CC(C)(C)OC(=O)N1CCC[C@H]1COc1nc(Cl)cc2c1c(=O)[nH]c(=O)n2-c1ccccc1. The first-order chi connectivity index (χ1) is 15.6. The van der Waals surface area contributed by atoms with Gasteiger partial charge in [0.1, 0.15) is 22.7 Å². The number of likely N-dealkylation sites (tertiary alicyclic amines) is 1. The van der Waals surface area contributed by atoms with Gasteiger partial charge >= 0.3 is 11.8 Å². The molecule has 33 heavy (non-hydrogen) atoms. The second-order valence-corrected chi connectivity index (χ2v) is 9.24. The van der Waals surface area contributed by atoms with Gasteiger partial charge in [-0.25, -0.2) is 14.6 Å². The molecule has 9 nitrogen and oxygen atoms in total. The highest BCUT2D eigenvalue weighted by Gasteiger charge is 2.33. The number of nitrogens with one attached hydrogen (secondary N) is 1. The van der Waals surface area contributed by atoms with E-state index in [1.807, 2.05) is 26.8 Å². The zero-order valence-corrected chi connectivity index (χ0v) is 19.4. The average molecular weight is 473 g/mol. The summed E-state index contributed by atoms with van der Waals surface area (Å²) in [6, 6.07) is 10.1. The molecule has 3 aromatic rings. The first-order valence-electron chi connectivity index (χ1n) is 10.7. The summed E-state index contributed by atoms with van der Waals surface area (Å²) in [6.45, 7) is 6.10. The number of aromatic amines is 1. The van der Waals surface area contributed by atoms with Crippen LogP contribution in [-0.2, 0) is 4.74 Å². The molecule has 1 aliphatic rings. The Morgan fingerprint density at radius 2 is 1.97 bits per heavy atom. The number of benzene rings is 1. The Hall–Kier alpha value is -3.33. The molecule has 1 aliphatic heterocycles. The maximum absolute atomic E-state index is 12.7. The summed E-state index contributed by atoms with van der Waals surface area (Å²) in [7, 11) is 0. The van der Waals surface area contributed by atoms with Gasteiger partial charge in [0.25, 0.3) is 5.56 Å². The highest BCUT2D eigenvalue weighted by molar-refractivity contribution is 6.30. The Bertz CT molecular complexity index is 1300. The molecule has 1 aromatic carbocycles. The average Bonchev–Trinajstić information content (AvgIpc) is 3.20. The topological polar surface area (TPSA) is 107 Å². The first kappa shape index (κ1) is 22.8. The van der Waals surface area contributed by atoms with Crippen LogP contribution in [0.25, 0.3) is 16.6 Å². The molecule has 0 aliphatic carbocycles. The van der Waals surface area contributed by atoms with Gasteiger partial charge in [-0.3, -0.25) is 14.3 Å². The van der Waals surface area contributed by atoms with E-state index in [4.69, 9.17) is 21.1 Å². The lowest BCUT2D eigenvalue weighted by Crippen LogP contribution is -2.42. The monoisotopic (exact) mass is 472 g/mol. The van der Waals surface area contributed by atoms with Crippen LogP contribution in [0.2, 0.25) is 5.15 Å². The van der Waals surface area contributed by atoms with Crippen molar-refractivity contribution in [3.63, 3.8) is 0 Å². The minimum atomic E-state index is -0.628. The molecule has 1 atom stereocenters. The Labute approximate surface area is 194 Å². The number of nitrogens with zero attached hydrogens (tertiary/aromatic N) is 3. The van der Waals surface area contributed by atoms with Gasteiger partial charge in [-0.1, -0.05) is 29.8 Å². The number of hydrogen-bond acceptors (Lipinski definition) is 6. The Morgan fingerprint density at radius 1 is 1.24 bits per heavy atom. The second kappa shape index (κ2) is 8.90. The van der Waals surface area contributed by atoms with Crippen molar-refractivity contribution in [3.8, 4) is 11.6 Å². The zero-order valence-electron chi connectivity index (χ0n) is 18.6. The van der Waals surface area contributed by atoms with Crippen LogP contribution >= 0.6 is 11.6 Å². The fraction of sp³-hybridized carbons (Fsp3) is 0.391. The number of ether oxygens (including phenoxy) is 2. The van der Waals surface area contributed by atoms with Gasteiger partial charge in [0, 0.05) is 12.6 Å². The lowest BCUT2D eigenvalue weighted by Gasteiger charge is -2.28. The molecule has 2 aromatic heterocycles. The van der Waals surface area contributed by atoms with E-state index in [1.54, 1.807) is 29.2 Å². The molecule has 0 unspecified atom stereocenters. The number of pyridine rings is 1. The molecular formula is C23H25ClN4O5. The van der Waals surface area contributed by atoms with E-state index in [0.717, 1.165) is 12.8 Å². The quantitative estimate of drug-likeness (QED) is 0.582. The van der Waals surface area contributed by atoms with Gasteiger partial charge in [0.2, 0.25) is 5.88 Å². The van der Waals surface area contributed by atoms with Crippen molar-refractivity contribution in [1.29, 1.82) is 0 Å². The summed E-state index contributed by atoms with van der Waals surface area (Å²) >= 11 is 6.23. The molecule has 0 saturated carbocycles. The number of fused-ring (bicyclic) bond motifs is 1. The minimum Gasteiger partial charge on any atom is -0.475 e. The second-order valence-electron chi connectivity index (χ2n) is 8.86. The number of hydrogen-bond donors (Lipinski definition) is 1. The number of halogens is 1. The van der Waals surface area contributed by atoms with Crippen LogP contribution in [0.5, 0.6) is 5.88 Å². The highest BCUT2D eigenvalue weighted by Crippen LogP contribution is 2.27. The molecule has 10 heteroatoms. The third kappa shape index (κ3) is 4.88. The van der Waals surface area contributed by atoms with E-state index in [0.29, 0.717) is 12.2 Å². The van der Waals surface area contributed by atoms with Gasteiger partial charge in [0.05, 0.1) is 17.2 Å². The lowest BCUT2D eigenvalue weighted by atomic mass is 10.2. The predicted molar refractivity (Wildman–Crippen MR) is 124 cm³/mol. The lowest BCUT2D eigenvalue weighted by molar-refractivity contribution is 0.0186. The largest absolute Gasteiger partial charge is 0.475 e. The molecule has 1 amide bonds. The molecule has 1 saturated heterocycles. The smallest absolute Gasteiger partial charge is 0.410 e. The Morgan fingerprint density at radius 3 is 2.67 bits per heavy atom. The van der Waals surface area contributed by atoms with Gasteiger partial charge in [-0.15, -0.1) is 0 Å². The number of aromatic nitrogens is 3. The van der Waals surface area contributed by atoms with Crippen LogP contribution in [0.3, 0.4) is 0 Å². The van der Waals surface area contributed by atoms with Crippen LogP contribution in [0.15, 0.2) is 46.0 Å². The standard InChI is InChI=1S/C23H25ClN4O5/c1-23(2,3)33-22(31)27-11-7-10-15(27)13-32-20-18-16(12-17(24)25-20)28(21(30)26-19(18)29)14-8-5-4-6-9-14/h4-6,8-9,12,15H,7,10-11,13H2,1-3H3,(H,26,29,30)/t15-/m0/s1. The summed E-state index contributed by atoms with van der Waals surface area (Å²) in [5.41, 5.74) is -0.996. The third-order valence-corrected chi connectivity index (χ3v) is 5.45. The number of H-pyrrole nitrogens is 1. The molecule has 0 spiro atoms.